The maximum atomic E-state index is 11.9. The van der Waals surface area contributed by atoms with Crippen molar-refractivity contribution < 1.29 is 9.53 Å². The number of anilines is 1. The van der Waals surface area contributed by atoms with Crippen LogP contribution in [-0.2, 0) is 4.74 Å². The first-order chi connectivity index (χ1) is 8.31. The van der Waals surface area contributed by atoms with E-state index in [1.54, 1.807) is 25.4 Å². The summed E-state index contributed by atoms with van der Waals surface area (Å²) in [6, 6.07) is 3.52. The second kappa shape index (κ2) is 5.63. The third-order valence-corrected chi connectivity index (χ3v) is 2.86. The maximum absolute atomic E-state index is 11.9. The van der Waals surface area contributed by atoms with Crippen LogP contribution < -0.4 is 10.6 Å². The molecule has 5 heteroatoms. The lowest BCUT2D eigenvalue weighted by Crippen LogP contribution is -2.30. The van der Waals surface area contributed by atoms with E-state index in [9.17, 15) is 4.79 Å². The molecule has 0 bridgehead atoms. The van der Waals surface area contributed by atoms with Crippen molar-refractivity contribution in [3.8, 4) is 0 Å². The van der Waals surface area contributed by atoms with Crippen molar-refractivity contribution in [2.24, 2.45) is 5.92 Å². The summed E-state index contributed by atoms with van der Waals surface area (Å²) in [6.45, 7) is 2.21. The number of carbonyl (C=O) groups excluding carboxylic acids is 1. The number of rotatable bonds is 4. The molecule has 17 heavy (non-hydrogen) atoms. The second-order valence-electron chi connectivity index (χ2n) is 4.09. The van der Waals surface area contributed by atoms with Gasteiger partial charge in [-0.15, -0.1) is 0 Å². The van der Waals surface area contributed by atoms with Gasteiger partial charge in [-0.2, -0.15) is 0 Å². The number of hydrogen-bond acceptors (Lipinski definition) is 4. The maximum Gasteiger partial charge on any atom is 0.255 e. The molecule has 1 amide bonds. The smallest absolute Gasteiger partial charge is 0.255 e. The second-order valence-corrected chi connectivity index (χ2v) is 4.09. The molecule has 0 spiro atoms. The Morgan fingerprint density at radius 3 is 3.24 bits per heavy atom. The van der Waals surface area contributed by atoms with Crippen molar-refractivity contribution in [1.82, 2.24) is 10.3 Å². The Morgan fingerprint density at radius 2 is 2.53 bits per heavy atom. The van der Waals surface area contributed by atoms with Gasteiger partial charge in [-0.25, -0.2) is 4.98 Å². The molecular weight excluding hydrogens is 218 g/mol. The van der Waals surface area contributed by atoms with Gasteiger partial charge in [0.15, 0.2) is 0 Å². The summed E-state index contributed by atoms with van der Waals surface area (Å²) in [4.78, 5) is 16.1. The van der Waals surface area contributed by atoms with Gasteiger partial charge in [0, 0.05) is 32.3 Å². The van der Waals surface area contributed by atoms with E-state index in [0.29, 0.717) is 23.8 Å². The standard InChI is InChI=1S/C12H17N3O2/c1-13-11-10(3-2-5-14-11)12(16)15-7-9-4-6-17-8-9/h2-3,5,9H,4,6-8H2,1H3,(H,13,14)(H,15,16). The lowest BCUT2D eigenvalue weighted by atomic mass is 10.1. The molecule has 92 valence electrons. The van der Waals surface area contributed by atoms with E-state index < -0.39 is 0 Å². The zero-order valence-corrected chi connectivity index (χ0v) is 9.90. The van der Waals surface area contributed by atoms with Gasteiger partial charge in [0.05, 0.1) is 12.2 Å². The van der Waals surface area contributed by atoms with Crippen LogP contribution in [0, 0.1) is 5.92 Å². The summed E-state index contributed by atoms with van der Waals surface area (Å²) < 4.78 is 5.26. The third kappa shape index (κ3) is 2.94. The number of carbonyl (C=O) groups is 1. The van der Waals surface area contributed by atoms with Crippen molar-refractivity contribution in [3.05, 3.63) is 23.9 Å². The van der Waals surface area contributed by atoms with E-state index in [1.165, 1.54) is 0 Å². The summed E-state index contributed by atoms with van der Waals surface area (Å²) in [6.07, 6.45) is 2.68. The van der Waals surface area contributed by atoms with Gasteiger partial charge in [-0.3, -0.25) is 4.79 Å². The van der Waals surface area contributed by atoms with Gasteiger partial charge in [-0.1, -0.05) is 0 Å². The van der Waals surface area contributed by atoms with Crippen LogP contribution in [0.4, 0.5) is 5.82 Å². The summed E-state index contributed by atoms with van der Waals surface area (Å²) in [5, 5.41) is 5.82. The zero-order chi connectivity index (χ0) is 12.1. The SMILES string of the molecule is CNc1ncccc1C(=O)NCC1CCOC1. The Morgan fingerprint density at radius 1 is 1.65 bits per heavy atom. The fourth-order valence-corrected chi connectivity index (χ4v) is 1.86. The lowest BCUT2D eigenvalue weighted by molar-refractivity contribution is 0.0945. The van der Waals surface area contributed by atoms with Crippen LogP contribution in [0.5, 0.6) is 0 Å². The van der Waals surface area contributed by atoms with Crippen LogP contribution in [0.2, 0.25) is 0 Å². The number of aromatic nitrogens is 1. The molecule has 1 aliphatic heterocycles. The highest BCUT2D eigenvalue weighted by molar-refractivity contribution is 5.98. The van der Waals surface area contributed by atoms with Crippen LogP contribution >= 0.6 is 0 Å². The Balaban J connectivity index is 1.94. The quantitative estimate of drug-likeness (QED) is 0.813. The molecular formula is C12H17N3O2. The Bertz CT molecular complexity index is 389. The number of pyridine rings is 1. The van der Waals surface area contributed by atoms with E-state index >= 15 is 0 Å². The van der Waals surface area contributed by atoms with E-state index in [2.05, 4.69) is 15.6 Å². The van der Waals surface area contributed by atoms with E-state index in [1.807, 2.05) is 0 Å². The molecule has 1 aliphatic rings. The highest BCUT2D eigenvalue weighted by Crippen LogP contribution is 2.13. The molecule has 0 aromatic carbocycles. The summed E-state index contributed by atoms with van der Waals surface area (Å²) >= 11 is 0. The summed E-state index contributed by atoms with van der Waals surface area (Å²) in [5.41, 5.74) is 0.578. The average Bonchev–Trinajstić information content (AvgIpc) is 2.89. The highest BCUT2D eigenvalue weighted by atomic mass is 16.5. The molecule has 1 atom stereocenters. The molecule has 2 rings (SSSR count). The molecule has 1 aromatic rings. The van der Waals surface area contributed by atoms with E-state index in [0.717, 1.165) is 19.6 Å². The van der Waals surface area contributed by atoms with Gasteiger partial charge in [0.2, 0.25) is 0 Å². The average molecular weight is 235 g/mol. The van der Waals surface area contributed by atoms with Crippen LogP contribution in [-0.4, -0.2) is 37.7 Å². The minimum absolute atomic E-state index is 0.0886. The predicted octanol–water partition coefficient (Wildman–Crippen LogP) is 0.890. The minimum atomic E-state index is -0.0886. The van der Waals surface area contributed by atoms with Gasteiger partial charge < -0.3 is 15.4 Å². The molecule has 0 aliphatic carbocycles. The molecule has 1 aromatic heterocycles. The van der Waals surface area contributed by atoms with Crippen LogP contribution in [0.15, 0.2) is 18.3 Å². The normalized spacial score (nSPS) is 19.0. The molecule has 2 heterocycles. The van der Waals surface area contributed by atoms with Crippen LogP contribution in [0.25, 0.3) is 0 Å². The topological polar surface area (TPSA) is 63.2 Å². The van der Waals surface area contributed by atoms with Gasteiger partial charge >= 0.3 is 0 Å². The highest BCUT2D eigenvalue weighted by Gasteiger charge is 2.17. The number of hydrogen-bond donors (Lipinski definition) is 2. The largest absolute Gasteiger partial charge is 0.381 e. The molecule has 2 N–H and O–H groups in total. The van der Waals surface area contributed by atoms with Crippen LogP contribution in [0.1, 0.15) is 16.8 Å². The first-order valence-electron chi connectivity index (χ1n) is 5.80. The first kappa shape index (κ1) is 11.9. The van der Waals surface area contributed by atoms with E-state index in [4.69, 9.17) is 4.74 Å². The fourth-order valence-electron chi connectivity index (χ4n) is 1.86. The van der Waals surface area contributed by atoms with E-state index in [-0.39, 0.29) is 5.91 Å². The zero-order valence-electron chi connectivity index (χ0n) is 9.90. The number of amides is 1. The molecule has 1 unspecified atom stereocenters. The first-order valence-corrected chi connectivity index (χ1v) is 5.80. The molecule has 5 nitrogen and oxygen atoms in total. The summed E-state index contributed by atoms with van der Waals surface area (Å²) in [7, 11) is 1.75. The minimum Gasteiger partial charge on any atom is -0.381 e. The van der Waals surface area contributed by atoms with Crippen molar-refractivity contribution in [2.75, 3.05) is 32.1 Å². The molecule has 1 fully saturated rings. The summed E-state index contributed by atoms with van der Waals surface area (Å²) in [5.74, 6) is 0.954. The van der Waals surface area contributed by atoms with Crippen molar-refractivity contribution in [3.63, 3.8) is 0 Å². The number of ether oxygens (including phenoxy) is 1. The Labute approximate surface area is 101 Å². The van der Waals surface area contributed by atoms with Gasteiger partial charge in [-0.05, 0) is 18.6 Å². The monoisotopic (exact) mass is 235 g/mol. The van der Waals surface area contributed by atoms with Crippen molar-refractivity contribution >= 4 is 11.7 Å². The Hall–Kier alpha value is -1.62. The van der Waals surface area contributed by atoms with Gasteiger partial charge in [0.1, 0.15) is 5.82 Å². The van der Waals surface area contributed by atoms with Crippen molar-refractivity contribution in [2.45, 2.75) is 6.42 Å². The predicted molar refractivity (Wildman–Crippen MR) is 65.0 cm³/mol. The lowest BCUT2D eigenvalue weighted by Gasteiger charge is -2.11. The van der Waals surface area contributed by atoms with Crippen LogP contribution in [0.3, 0.4) is 0 Å². The van der Waals surface area contributed by atoms with Gasteiger partial charge in [0.25, 0.3) is 5.91 Å². The molecule has 1 saturated heterocycles. The molecule has 0 saturated carbocycles. The number of nitrogens with zero attached hydrogens (tertiary/aromatic N) is 1. The third-order valence-electron chi connectivity index (χ3n) is 2.86. The molecule has 0 radical (unpaired) electrons. The fraction of sp³-hybridized carbons (Fsp3) is 0.500. The van der Waals surface area contributed by atoms with Crippen molar-refractivity contribution in [1.29, 1.82) is 0 Å². The Kier molecular flexibility index (Phi) is 3.93. The number of nitrogens with one attached hydrogen (secondary N) is 2.